The van der Waals surface area contributed by atoms with Gasteiger partial charge in [-0.1, -0.05) is 11.8 Å². The second kappa shape index (κ2) is 7.63. The molecule has 2 aromatic carbocycles. The first kappa shape index (κ1) is 19.1. The Balaban J connectivity index is 1.84. The van der Waals surface area contributed by atoms with Crippen LogP contribution in [0, 0.1) is 11.8 Å². The molecule has 0 spiro atoms. The number of aromatic amines is 1. The molecule has 0 saturated carbocycles. The van der Waals surface area contributed by atoms with Gasteiger partial charge >= 0.3 is 6.18 Å². The predicted octanol–water partition coefficient (Wildman–Crippen LogP) is 3.45. The van der Waals surface area contributed by atoms with Gasteiger partial charge in [0.05, 0.1) is 5.56 Å². The van der Waals surface area contributed by atoms with Crippen molar-refractivity contribution in [2.24, 2.45) is 0 Å². The average molecular weight is 408 g/mol. The molecule has 148 valence electrons. The summed E-state index contributed by atoms with van der Waals surface area (Å²) < 4.78 is 39.9. The van der Waals surface area contributed by atoms with E-state index in [1.165, 1.54) is 6.33 Å². The van der Waals surface area contributed by atoms with Crippen molar-refractivity contribution in [2.45, 2.75) is 6.18 Å². The minimum absolute atomic E-state index is 0.251. The zero-order chi connectivity index (χ0) is 21.1. The van der Waals surface area contributed by atoms with E-state index in [-0.39, 0.29) is 5.56 Å². The van der Waals surface area contributed by atoms with Crippen molar-refractivity contribution >= 4 is 0 Å². The van der Waals surface area contributed by atoms with Gasteiger partial charge in [-0.05, 0) is 46.8 Å². The summed E-state index contributed by atoms with van der Waals surface area (Å²) in [5, 5.41) is 23.0. The highest BCUT2D eigenvalue weighted by Crippen LogP contribution is 2.34. The number of phenols is 1. The Morgan fingerprint density at radius 2 is 1.63 bits per heavy atom. The molecule has 2 aromatic heterocycles. The van der Waals surface area contributed by atoms with E-state index in [1.807, 2.05) is 0 Å². The number of nitrogens with zero attached hydrogens (tertiary/aromatic N) is 5. The van der Waals surface area contributed by atoms with Crippen molar-refractivity contribution in [1.29, 1.82) is 0 Å². The number of rotatable bonds is 2. The van der Waals surface area contributed by atoms with Crippen LogP contribution in [-0.2, 0) is 6.18 Å². The summed E-state index contributed by atoms with van der Waals surface area (Å²) in [6, 6.07) is 8.03. The number of nitrogens with one attached hydrogen (secondary N) is 1. The minimum Gasteiger partial charge on any atom is -0.508 e. The molecule has 4 aromatic rings. The lowest BCUT2D eigenvalue weighted by molar-refractivity contribution is -0.137. The summed E-state index contributed by atoms with van der Waals surface area (Å²) in [5.41, 5.74) is 1.08. The van der Waals surface area contributed by atoms with Gasteiger partial charge in [0.1, 0.15) is 12.1 Å². The number of H-pyrrole nitrogens is 1. The smallest absolute Gasteiger partial charge is 0.417 e. The van der Waals surface area contributed by atoms with Crippen LogP contribution in [0.25, 0.3) is 22.5 Å². The zero-order valence-corrected chi connectivity index (χ0v) is 15.0. The van der Waals surface area contributed by atoms with E-state index < -0.39 is 17.5 Å². The van der Waals surface area contributed by atoms with E-state index in [0.29, 0.717) is 34.1 Å². The van der Waals surface area contributed by atoms with E-state index in [9.17, 15) is 18.3 Å². The highest BCUT2D eigenvalue weighted by Gasteiger charge is 2.33. The lowest BCUT2D eigenvalue weighted by Gasteiger charge is -2.09. The van der Waals surface area contributed by atoms with Gasteiger partial charge in [0.15, 0.2) is 5.82 Å². The fourth-order valence-corrected chi connectivity index (χ4v) is 2.77. The molecule has 0 saturated heterocycles. The molecule has 0 unspecified atom stereocenters. The Morgan fingerprint density at radius 3 is 2.33 bits per heavy atom. The molecule has 0 amide bonds. The average Bonchev–Trinajstić information content (AvgIpc) is 3.28. The lowest BCUT2D eigenvalue weighted by atomic mass is 9.98. The number of aromatic hydroxyl groups is 1. The van der Waals surface area contributed by atoms with Gasteiger partial charge in [-0.3, -0.25) is 0 Å². The highest BCUT2D eigenvalue weighted by atomic mass is 19.4. The zero-order valence-electron chi connectivity index (χ0n) is 15.0. The number of alkyl halides is 3. The number of benzene rings is 2. The van der Waals surface area contributed by atoms with E-state index in [2.05, 4.69) is 42.4 Å². The molecule has 0 aliphatic rings. The van der Waals surface area contributed by atoms with Crippen molar-refractivity contribution in [1.82, 2.24) is 30.6 Å². The van der Waals surface area contributed by atoms with Gasteiger partial charge in [0, 0.05) is 40.2 Å². The molecule has 0 radical (unpaired) electrons. The van der Waals surface area contributed by atoms with Crippen LogP contribution in [0.5, 0.6) is 5.75 Å². The summed E-state index contributed by atoms with van der Waals surface area (Å²) >= 11 is 0. The molecule has 0 aliphatic carbocycles. The van der Waals surface area contributed by atoms with E-state index >= 15 is 0 Å². The SMILES string of the molecule is Oc1ccc(C#Cc2ccc(-c3nnn[nH]3)cc2-c2cncnc2)c(C(F)(F)F)c1. The van der Waals surface area contributed by atoms with Crippen LogP contribution in [0.3, 0.4) is 0 Å². The molecule has 0 aliphatic heterocycles. The molecule has 0 bridgehead atoms. The number of halogens is 3. The van der Waals surface area contributed by atoms with Crippen LogP contribution in [0.4, 0.5) is 13.2 Å². The summed E-state index contributed by atoms with van der Waals surface area (Å²) in [4.78, 5) is 7.97. The molecule has 30 heavy (non-hydrogen) atoms. The molecular formula is C20H11F3N6O. The molecule has 0 atom stereocenters. The number of tetrazole rings is 1. The fraction of sp³-hybridized carbons (Fsp3) is 0.0500. The third-order valence-electron chi connectivity index (χ3n) is 4.15. The summed E-state index contributed by atoms with van der Waals surface area (Å²) in [6.45, 7) is 0. The van der Waals surface area contributed by atoms with Gasteiger partial charge in [-0.25, -0.2) is 15.1 Å². The Morgan fingerprint density at radius 1 is 0.900 bits per heavy atom. The third-order valence-corrected chi connectivity index (χ3v) is 4.15. The van der Waals surface area contributed by atoms with Gasteiger partial charge < -0.3 is 5.11 Å². The number of aromatic nitrogens is 6. The largest absolute Gasteiger partial charge is 0.508 e. The second-order valence-corrected chi connectivity index (χ2v) is 6.12. The maximum Gasteiger partial charge on any atom is 0.417 e. The van der Waals surface area contributed by atoms with E-state index in [1.54, 1.807) is 30.6 Å². The lowest BCUT2D eigenvalue weighted by Crippen LogP contribution is -2.07. The Labute approximate surface area is 167 Å². The second-order valence-electron chi connectivity index (χ2n) is 6.12. The maximum absolute atomic E-state index is 13.3. The van der Waals surface area contributed by atoms with Crippen molar-refractivity contribution in [3.8, 4) is 40.1 Å². The van der Waals surface area contributed by atoms with Crippen molar-refractivity contribution in [3.63, 3.8) is 0 Å². The van der Waals surface area contributed by atoms with Crippen molar-refractivity contribution < 1.29 is 18.3 Å². The normalized spacial score (nSPS) is 11.0. The van der Waals surface area contributed by atoms with Crippen LogP contribution < -0.4 is 0 Å². The number of hydrogen-bond acceptors (Lipinski definition) is 6. The monoisotopic (exact) mass is 408 g/mol. The van der Waals surface area contributed by atoms with E-state index in [0.717, 1.165) is 12.1 Å². The molecular weight excluding hydrogens is 397 g/mol. The highest BCUT2D eigenvalue weighted by molar-refractivity contribution is 5.75. The molecule has 10 heteroatoms. The first-order valence-electron chi connectivity index (χ1n) is 8.47. The van der Waals surface area contributed by atoms with Gasteiger partial charge in [-0.2, -0.15) is 13.2 Å². The summed E-state index contributed by atoms with van der Waals surface area (Å²) in [7, 11) is 0. The molecule has 0 fully saturated rings. The van der Waals surface area contributed by atoms with E-state index in [4.69, 9.17) is 0 Å². The quantitative estimate of drug-likeness (QED) is 0.493. The predicted molar refractivity (Wildman–Crippen MR) is 99.7 cm³/mol. The van der Waals surface area contributed by atoms with Gasteiger partial charge in [0.2, 0.25) is 0 Å². The topological polar surface area (TPSA) is 100 Å². The van der Waals surface area contributed by atoms with Gasteiger partial charge in [0.25, 0.3) is 0 Å². The minimum atomic E-state index is -4.65. The first-order chi connectivity index (χ1) is 14.4. The molecule has 7 nitrogen and oxygen atoms in total. The number of hydrogen-bond donors (Lipinski definition) is 2. The van der Waals surface area contributed by atoms with Crippen LogP contribution in [-0.4, -0.2) is 35.7 Å². The molecule has 4 rings (SSSR count). The number of phenolic OH excluding ortho intramolecular Hbond substituents is 1. The van der Waals surface area contributed by atoms with Crippen LogP contribution >= 0.6 is 0 Å². The Kier molecular flexibility index (Phi) is 4.85. The standard InChI is InChI=1S/C20H11F3N6O/c21-20(22,23)18-8-16(30)6-5-13(18)3-1-12-2-4-14(19-26-28-29-27-19)7-17(12)15-9-24-11-25-10-15/h2,4-11,30H,(H,26,27,28,29). The van der Waals surface area contributed by atoms with Crippen LogP contribution in [0.15, 0.2) is 55.1 Å². The third kappa shape index (κ3) is 3.95. The molecule has 2 heterocycles. The molecule has 2 N–H and O–H groups in total. The maximum atomic E-state index is 13.3. The van der Waals surface area contributed by atoms with Crippen molar-refractivity contribution in [3.05, 3.63) is 71.8 Å². The van der Waals surface area contributed by atoms with Gasteiger partial charge in [-0.15, -0.1) is 5.10 Å². The summed E-state index contributed by atoms with van der Waals surface area (Å²) in [5.74, 6) is 5.28. The fourth-order valence-electron chi connectivity index (χ4n) is 2.77. The Hall–Kier alpha value is -4.26. The van der Waals surface area contributed by atoms with Crippen LogP contribution in [0.2, 0.25) is 0 Å². The Bertz CT molecular complexity index is 1250. The first-order valence-corrected chi connectivity index (χ1v) is 8.47. The van der Waals surface area contributed by atoms with Crippen molar-refractivity contribution in [2.75, 3.05) is 0 Å². The van der Waals surface area contributed by atoms with Crippen LogP contribution in [0.1, 0.15) is 16.7 Å². The summed E-state index contributed by atoms with van der Waals surface area (Å²) in [6.07, 6.45) is -0.150.